The summed E-state index contributed by atoms with van der Waals surface area (Å²) in [6.45, 7) is 0. The van der Waals surface area contributed by atoms with E-state index >= 15 is 0 Å². The van der Waals surface area contributed by atoms with Crippen molar-refractivity contribution in [1.29, 1.82) is 0 Å². The van der Waals surface area contributed by atoms with E-state index in [1.807, 2.05) is 55.4 Å². The first kappa shape index (κ1) is 19.7. The molecule has 0 saturated carbocycles. The number of thioether (sulfide) groups is 1. The van der Waals surface area contributed by atoms with Crippen molar-refractivity contribution < 1.29 is 4.79 Å². The minimum absolute atomic E-state index is 0.111. The number of amides is 1. The number of carbonyl (C=O) groups is 1. The van der Waals surface area contributed by atoms with Gasteiger partial charge in [-0.05, 0) is 35.7 Å². The molecule has 1 saturated heterocycles. The Labute approximate surface area is 172 Å². The van der Waals surface area contributed by atoms with Gasteiger partial charge in [-0.25, -0.2) is 0 Å². The monoisotopic (exact) mass is 420 g/mol. The molecule has 140 valence electrons. The fourth-order valence-electron chi connectivity index (χ4n) is 2.50. The first-order chi connectivity index (χ1) is 12.9. The predicted octanol–water partition coefficient (Wildman–Crippen LogP) is 4.22. The summed E-state index contributed by atoms with van der Waals surface area (Å²) >= 11 is 13.6. The lowest BCUT2D eigenvalue weighted by Crippen LogP contribution is -2.26. The first-order valence-electron chi connectivity index (χ1n) is 8.23. The number of nitrogens with one attached hydrogen (secondary N) is 1. The molecule has 1 aliphatic heterocycles. The van der Waals surface area contributed by atoms with Crippen LogP contribution in [0.15, 0.2) is 52.7 Å². The summed E-state index contributed by atoms with van der Waals surface area (Å²) in [6, 6.07) is 13.3. The first-order valence-corrected chi connectivity index (χ1v) is 9.86. The molecule has 0 aliphatic carbocycles. The van der Waals surface area contributed by atoms with Crippen LogP contribution in [0.4, 0.5) is 5.69 Å². The van der Waals surface area contributed by atoms with Gasteiger partial charge >= 0.3 is 0 Å². The largest absolute Gasteiger partial charge is 0.378 e. The summed E-state index contributed by atoms with van der Waals surface area (Å²) in [7, 11) is 3.98. The van der Waals surface area contributed by atoms with Crippen molar-refractivity contribution >= 4 is 57.9 Å². The van der Waals surface area contributed by atoms with Crippen LogP contribution in [0.2, 0.25) is 10.0 Å². The molecule has 0 bridgehead atoms. The lowest BCUT2D eigenvalue weighted by molar-refractivity contribution is -0.118. The summed E-state index contributed by atoms with van der Waals surface area (Å²) in [5, 5.41) is 12.1. The van der Waals surface area contributed by atoms with Crippen molar-refractivity contribution in [1.82, 2.24) is 5.32 Å². The summed E-state index contributed by atoms with van der Waals surface area (Å²) < 4.78 is 0. The average molecular weight is 421 g/mol. The number of rotatable bonds is 5. The van der Waals surface area contributed by atoms with E-state index in [1.165, 1.54) is 11.8 Å². The summed E-state index contributed by atoms with van der Waals surface area (Å²) in [5.74, 6) is -0.111. The standard InChI is InChI=1S/C19H18Cl2N4OS/c1-25(2)14-8-6-12(7-9-14)11-22-24-19-23-18(26)16(27-19)10-13-4-3-5-15(20)17(13)21/h3-9,11,16H,10H2,1-2H3,(H,23,24,26)/b22-11-/t16-/m0/s1. The molecule has 27 heavy (non-hydrogen) atoms. The second kappa shape index (κ2) is 8.78. The maximum absolute atomic E-state index is 12.2. The van der Waals surface area contributed by atoms with Crippen LogP contribution in [-0.2, 0) is 11.2 Å². The number of hydrogen-bond acceptors (Lipinski definition) is 5. The Morgan fingerprint density at radius 1 is 1.19 bits per heavy atom. The average Bonchev–Trinajstić information content (AvgIpc) is 2.99. The van der Waals surface area contributed by atoms with Crippen molar-refractivity contribution in [3.63, 3.8) is 0 Å². The van der Waals surface area contributed by atoms with Gasteiger partial charge in [0.05, 0.1) is 21.5 Å². The van der Waals surface area contributed by atoms with E-state index < -0.39 is 0 Å². The zero-order valence-corrected chi connectivity index (χ0v) is 17.1. The van der Waals surface area contributed by atoms with E-state index in [1.54, 1.807) is 12.3 Å². The molecule has 1 atom stereocenters. The van der Waals surface area contributed by atoms with Crippen molar-refractivity contribution in [3.05, 3.63) is 63.6 Å². The van der Waals surface area contributed by atoms with E-state index in [2.05, 4.69) is 15.5 Å². The van der Waals surface area contributed by atoms with E-state index in [0.29, 0.717) is 21.6 Å². The smallest absolute Gasteiger partial charge is 0.239 e. The van der Waals surface area contributed by atoms with Crippen LogP contribution in [0.3, 0.4) is 0 Å². The van der Waals surface area contributed by atoms with Gasteiger partial charge in [0, 0.05) is 19.8 Å². The lowest BCUT2D eigenvalue weighted by atomic mass is 10.1. The third-order valence-electron chi connectivity index (χ3n) is 3.98. The Morgan fingerprint density at radius 2 is 1.93 bits per heavy atom. The minimum Gasteiger partial charge on any atom is -0.378 e. The van der Waals surface area contributed by atoms with Gasteiger partial charge in [-0.15, -0.1) is 5.10 Å². The van der Waals surface area contributed by atoms with Crippen molar-refractivity contribution in [2.45, 2.75) is 11.7 Å². The number of benzene rings is 2. The van der Waals surface area contributed by atoms with Crippen LogP contribution in [-0.4, -0.2) is 36.6 Å². The Balaban J connectivity index is 1.63. The molecule has 1 N–H and O–H groups in total. The molecule has 1 fully saturated rings. The quantitative estimate of drug-likeness (QED) is 0.581. The number of halogens is 2. The summed E-state index contributed by atoms with van der Waals surface area (Å²) in [6.07, 6.45) is 2.13. The lowest BCUT2D eigenvalue weighted by Gasteiger charge is -2.11. The molecule has 2 aromatic carbocycles. The van der Waals surface area contributed by atoms with Gasteiger partial charge in [0.1, 0.15) is 0 Å². The van der Waals surface area contributed by atoms with Gasteiger partial charge in [0.15, 0.2) is 5.17 Å². The van der Waals surface area contributed by atoms with Crippen LogP contribution in [0.1, 0.15) is 11.1 Å². The van der Waals surface area contributed by atoms with Crippen molar-refractivity contribution in [3.8, 4) is 0 Å². The fraction of sp³-hybridized carbons (Fsp3) is 0.211. The second-order valence-electron chi connectivity index (χ2n) is 6.15. The molecule has 1 aliphatic rings. The zero-order valence-electron chi connectivity index (χ0n) is 14.8. The van der Waals surface area contributed by atoms with Gasteiger partial charge in [-0.2, -0.15) is 5.10 Å². The fourth-order valence-corrected chi connectivity index (χ4v) is 3.85. The van der Waals surface area contributed by atoms with Gasteiger partial charge in [-0.3, -0.25) is 4.79 Å². The molecule has 8 heteroatoms. The molecule has 1 heterocycles. The molecular formula is C19H18Cl2N4OS. The third kappa shape index (κ3) is 5.03. The van der Waals surface area contributed by atoms with Gasteiger partial charge in [0.2, 0.25) is 5.91 Å². The van der Waals surface area contributed by atoms with Crippen LogP contribution >= 0.6 is 35.0 Å². The number of anilines is 1. The van der Waals surface area contributed by atoms with E-state index in [4.69, 9.17) is 23.2 Å². The van der Waals surface area contributed by atoms with Crippen molar-refractivity contribution in [2.24, 2.45) is 10.2 Å². The Morgan fingerprint density at radius 3 is 2.63 bits per heavy atom. The van der Waals surface area contributed by atoms with Gasteiger partial charge < -0.3 is 10.2 Å². The Bertz CT molecular complexity index is 897. The molecule has 0 radical (unpaired) electrons. The molecular weight excluding hydrogens is 403 g/mol. The number of hydrogen-bond donors (Lipinski definition) is 1. The maximum Gasteiger partial charge on any atom is 0.239 e. The SMILES string of the molecule is CN(C)c1ccc(/C=N\N=C2\NC(=O)[C@H](Cc3cccc(Cl)c3Cl)S2)cc1. The van der Waals surface area contributed by atoms with E-state index in [9.17, 15) is 4.79 Å². The minimum atomic E-state index is -0.311. The third-order valence-corrected chi connectivity index (χ3v) is 5.91. The highest BCUT2D eigenvalue weighted by Crippen LogP contribution is 2.30. The molecule has 1 amide bonds. The van der Waals surface area contributed by atoms with Crippen LogP contribution in [0.25, 0.3) is 0 Å². The maximum atomic E-state index is 12.2. The zero-order chi connectivity index (χ0) is 19.4. The van der Waals surface area contributed by atoms with E-state index in [-0.39, 0.29) is 11.2 Å². The second-order valence-corrected chi connectivity index (χ2v) is 8.13. The topological polar surface area (TPSA) is 57.1 Å². The molecule has 3 rings (SSSR count). The summed E-state index contributed by atoms with van der Waals surface area (Å²) in [4.78, 5) is 14.2. The molecule has 0 unspecified atom stereocenters. The summed E-state index contributed by atoms with van der Waals surface area (Å²) in [5.41, 5.74) is 2.88. The highest BCUT2D eigenvalue weighted by molar-refractivity contribution is 8.15. The van der Waals surface area contributed by atoms with Crippen LogP contribution in [0.5, 0.6) is 0 Å². The van der Waals surface area contributed by atoms with E-state index in [0.717, 1.165) is 16.8 Å². The Kier molecular flexibility index (Phi) is 6.42. The van der Waals surface area contributed by atoms with Gasteiger partial charge in [0.25, 0.3) is 0 Å². The van der Waals surface area contributed by atoms with Gasteiger partial charge in [-0.1, -0.05) is 59.2 Å². The highest BCUT2D eigenvalue weighted by atomic mass is 35.5. The van der Waals surface area contributed by atoms with Crippen molar-refractivity contribution in [2.75, 3.05) is 19.0 Å². The highest BCUT2D eigenvalue weighted by Gasteiger charge is 2.31. The molecule has 0 aromatic heterocycles. The molecule has 5 nitrogen and oxygen atoms in total. The normalized spacial score (nSPS) is 18.3. The number of nitrogens with zero attached hydrogens (tertiary/aromatic N) is 3. The number of carbonyl (C=O) groups excluding carboxylic acids is 1. The molecule has 2 aromatic rings. The predicted molar refractivity (Wildman–Crippen MR) is 115 cm³/mol. The molecule has 0 spiro atoms. The van der Waals surface area contributed by atoms with Crippen LogP contribution in [0, 0.1) is 0 Å². The Hall–Kier alpha value is -2.02. The van der Waals surface area contributed by atoms with Crippen LogP contribution < -0.4 is 10.2 Å². The number of amidine groups is 1.